The fraction of sp³-hybridized carbons (Fsp3) is 0.300. The van der Waals surface area contributed by atoms with E-state index in [2.05, 4.69) is 5.32 Å². The van der Waals surface area contributed by atoms with Crippen LogP contribution in [0.5, 0.6) is 0 Å². The maximum atomic E-state index is 12.2. The smallest absolute Gasteiger partial charge is 0.261 e. The van der Waals surface area contributed by atoms with Gasteiger partial charge >= 0.3 is 0 Å². The van der Waals surface area contributed by atoms with Crippen molar-refractivity contribution in [3.05, 3.63) is 56.8 Å². The number of hydrogen-bond acceptors (Lipinski definition) is 3. The van der Waals surface area contributed by atoms with Crippen molar-refractivity contribution in [1.82, 2.24) is 9.88 Å². The molecular formula is C20H21Cl2N3O2. The number of rotatable bonds is 7. The first-order valence-corrected chi connectivity index (χ1v) is 9.18. The molecule has 0 radical (unpaired) electrons. The van der Waals surface area contributed by atoms with Gasteiger partial charge in [-0.2, -0.15) is 5.26 Å². The monoisotopic (exact) mass is 405 g/mol. The van der Waals surface area contributed by atoms with Gasteiger partial charge in [0, 0.05) is 31.6 Å². The van der Waals surface area contributed by atoms with Crippen LogP contribution in [0.15, 0.2) is 29.8 Å². The molecule has 1 aromatic carbocycles. The third-order valence-electron chi connectivity index (χ3n) is 4.12. The molecule has 7 heteroatoms. The quantitative estimate of drug-likeness (QED) is 0.419. The number of ether oxygens (including phenoxy) is 1. The van der Waals surface area contributed by atoms with Gasteiger partial charge in [0.1, 0.15) is 11.6 Å². The van der Waals surface area contributed by atoms with Gasteiger partial charge in [0.2, 0.25) is 0 Å². The van der Waals surface area contributed by atoms with Crippen LogP contribution in [0.25, 0.3) is 11.8 Å². The van der Waals surface area contributed by atoms with E-state index < -0.39 is 5.91 Å². The first-order valence-electron chi connectivity index (χ1n) is 8.43. The van der Waals surface area contributed by atoms with Crippen LogP contribution in [0.2, 0.25) is 10.0 Å². The third kappa shape index (κ3) is 4.92. The topological polar surface area (TPSA) is 67.0 Å². The van der Waals surface area contributed by atoms with Crippen molar-refractivity contribution < 1.29 is 9.53 Å². The summed E-state index contributed by atoms with van der Waals surface area (Å²) in [6.07, 6.45) is 2.27. The number of aryl methyl sites for hydroxylation is 1. The van der Waals surface area contributed by atoms with Crippen molar-refractivity contribution in [2.45, 2.75) is 20.3 Å². The van der Waals surface area contributed by atoms with Crippen molar-refractivity contribution in [3.63, 3.8) is 0 Å². The summed E-state index contributed by atoms with van der Waals surface area (Å²) in [7, 11) is 1.60. The fourth-order valence-electron chi connectivity index (χ4n) is 2.79. The zero-order valence-electron chi connectivity index (χ0n) is 15.5. The molecule has 0 unspecified atom stereocenters. The second-order valence-electron chi connectivity index (χ2n) is 6.01. The van der Waals surface area contributed by atoms with Crippen LogP contribution in [-0.2, 0) is 9.53 Å². The van der Waals surface area contributed by atoms with Gasteiger partial charge < -0.3 is 14.6 Å². The van der Waals surface area contributed by atoms with E-state index in [1.54, 1.807) is 19.3 Å². The lowest BCUT2D eigenvalue weighted by Gasteiger charge is -2.12. The number of amides is 1. The zero-order valence-corrected chi connectivity index (χ0v) is 17.0. The molecule has 0 aliphatic rings. The highest BCUT2D eigenvalue weighted by Crippen LogP contribution is 2.32. The number of aromatic nitrogens is 1. The van der Waals surface area contributed by atoms with Crippen LogP contribution in [0.1, 0.15) is 23.4 Å². The Labute approximate surface area is 169 Å². The highest BCUT2D eigenvalue weighted by Gasteiger charge is 2.15. The normalized spacial score (nSPS) is 11.3. The molecule has 0 spiro atoms. The Balaban J connectivity index is 2.34. The van der Waals surface area contributed by atoms with Crippen LogP contribution in [0.3, 0.4) is 0 Å². The lowest BCUT2D eigenvalue weighted by atomic mass is 10.1. The largest absolute Gasteiger partial charge is 0.385 e. The minimum atomic E-state index is -0.404. The molecule has 0 aliphatic carbocycles. The standard InChI is InChI=1S/C20H21Cl2N3O2/c1-13-10-15(11-16(12-23)20(26)24-8-5-9-27-3)14(2)25(13)18-7-4-6-17(21)19(18)22/h4,6-7,10-11H,5,8-9H2,1-3H3,(H,24,26)/b16-11+. The van der Waals surface area contributed by atoms with Crippen molar-refractivity contribution in [3.8, 4) is 11.8 Å². The summed E-state index contributed by atoms with van der Waals surface area (Å²) in [4.78, 5) is 12.2. The van der Waals surface area contributed by atoms with E-state index in [4.69, 9.17) is 27.9 Å². The first kappa shape index (κ1) is 21.0. The molecule has 1 heterocycles. The predicted molar refractivity (Wildman–Crippen MR) is 108 cm³/mol. The van der Waals surface area contributed by atoms with E-state index in [1.807, 2.05) is 42.7 Å². The Morgan fingerprint density at radius 2 is 2.11 bits per heavy atom. The van der Waals surface area contributed by atoms with Gasteiger partial charge in [-0.3, -0.25) is 4.79 Å². The van der Waals surface area contributed by atoms with E-state index in [1.165, 1.54) is 0 Å². The zero-order chi connectivity index (χ0) is 20.0. The van der Waals surface area contributed by atoms with E-state index in [0.29, 0.717) is 29.6 Å². The molecule has 5 nitrogen and oxygen atoms in total. The number of nitriles is 1. The molecule has 0 bridgehead atoms. The molecule has 27 heavy (non-hydrogen) atoms. The lowest BCUT2D eigenvalue weighted by Crippen LogP contribution is -2.26. The van der Waals surface area contributed by atoms with E-state index >= 15 is 0 Å². The Morgan fingerprint density at radius 1 is 1.37 bits per heavy atom. The van der Waals surface area contributed by atoms with Gasteiger partial charge in [-0.05, 0) is 50.1 Å². The molecule has 2 aromatic rings. The second kappa shape index (κ2) is 9.61. The number of hydrogen-bond donors (Lipinski definition) is 1. The summed E-state index contributed by atoms with van der Waals surface area (Å²) in [5.41, 5.74) is 3.34. The molecule has 0 saturated heterocycles. The number of nitrogens with one attached hydrogen (secondary N) is 1. The third-order valence-corrected chi connectivity index (χ3v) is 4.93. The van der Waals surface area contributed by atoms with Crippen molar-refractivity contribution in [2.75, 3.05) is 20.3 Å². The number of halogens is 2. The number of nitrogens with zero attached hydrogens (tertiary/aromatic N) is 2. The van der Waals surface area contributed by atoms with E-state index in [-0.39, 0.29) is 5.57 Å². The summed E-state index contributed by atoms with van der Waals surface area (Å²) in [6, 6.07) is 9.30. The average molecular weight is 406 g/mol. The maximum absolute atomic E-state index is 12.2. The summed E-state index contributed by atoms with van der Waals surface area (Å²) in [5, 5.41) is 13.0. The van der Waals surface area contributed by atoms with Crippen LogP contribution in [0, 0.1) is 25.2 Å². The molecule has 1 aromatic heterocycles. The molecule has 1 amide bonds. The lowest BCUT2D eigenvalue weighted by molar-refractivity contribution is -0.117. The molecule has 2 rings (SSSR count). The molecular weight excluding hydrogens is 385 g/mol. The Morgan fingerprint density at radius 3 is 2.78 bits per heavy atom. The van der Waals surface area contributed by atoms with Gasteiger partial charge in [-0.15, -0.1) is 0 Å². The van der Waals surface area contributed by atoms with Crippen molar-refractivity contribution >= 4 is 35.2 Å². The fourth-order valence-corrected chi connectivity index (χ4v) is 3.17. The van der Waals surface area contributed by atoms with Crippen molar-refractivity contribution in [2.24, 2.45) is 0 Å². The number of carbonyl (C=O) groups is 1. The SMILES string of the molecule is COCCCNC(=O)/C(C#N)=C/c1cc(C)n(-c2cccc(Cl)c2Cl)c1C. The van der Waals surface area contributed by atoms with E-state index in [0.717, 1.165) is 22.6 Å². The first-order chi connectivity index (χ1) is 12.9. The summed E-state index contributed by atoms with van der Waals surface area (Å²) >= 11 is 12.5. The number of benzene rings is 1. The van der Waals surface area contributed by atoms with Gasteiger partial charge in [0.15, 0.2) is 0 Å². The molecule has 0 saturated carbocycles. The average Bonchev–Trinajstić information content (AvgIpc) is 2.92. The Bertz CT molecular complexity index is 911. The van der Waals surface area contributed by atoms with Crippen LogP contribution >= 0.6 is 23.2 Å². The van der Waals surface area contributed by atoms with Crippen LogP contribution in [-0.4, -0.2) is 30.7 Å². The Hall–Kier alpha value is -2.26. The highest BCUT2D eigenvalue weighted by atomic mass is 35.5. The number of carbonyl (C=O) groups excluding carboxylic acids is 1. The summed E-state index contributed by atoms with van der Waals surface area (Å²) in [6.45, 7) is 4.83. The molecule has 0 atom stereocenters. The van der Waals surface area contributed by atoms with E-state index in [9.17, 15) is 10.1 Å². The van der Waals surface area contributed by atoms with Gasteiger partial charge in [-0.25, -0.2) is 0 Å². The summed E-state index contributed by atoms with van der Waals surface area (Å²) in [5.74, 6) is -0.404. The van der Waals surface area contributed by atoms with Gasteiger partial charge in [0.05, 0.1) is 15.7 Å². The van der Waals surface area contributed by atoms with Gasteiger partial charge in [0.25, 0.3) is 5.91 Å². The van der Waals surface area contributed by atoms with Crippen LogP contribution < -0.4 is 5.32 Å². The van der Waals surface area contributed by atoms with Gasteiger partial charge in [-0.1, -0.05) is 29.3 Å². The minimum absolute atomic E-state index is 0.0462. The van der Waals surface area contributed by atoms with Crippen LogP contribution in [0.4, 0.5) is 0 Å². The minimum Gasteiger partial charge on any atom is -0.385 e. The predicted octanol–water partition coefficient (Wildman–Crippen LogP) is 4.46. The summed E-state index contributed by atoms with van der Waals surface area (Å²) < 4.78 is 6.89. The maximum Gasteiger partial charge on any atom is 0.261 e. The second-order valence-corrected chi connectivity index (χ2v) is 6.79. The Kier molecular flexibility index (Phi) is 7.49. The number of methoxy groups -OCH3 is 1. The highest BCUT2D eigenvalue weighted by molar-refractivity contribution is 6.43. The molecule has 1 N–H and O–H groups in total. The van der Waals surface area contributed by atoms with Crippen molar-refractivity contribution in [1.29, 1.82) is 5.26 Å². The molecule has 0 fully saturated rings. The molecule has 142 valence electrons. The molecule has 0 aliphatic heterocycles.